The van der Waals surface area contributed by atoms with Gasteiger partial charge < -0.3 is 15.2 Å². The van der Waals surface area contributed by atoms with Gasteiger partial charge in [-0.3, -0.25) is 4.79 Å². The molecule has 158 valence electrons. The van der Waals surface area contributed by atoms with Gasteiger partial charge in [-0.2, -0.15) is 0 Å². The van der Waals surface area contributed by atoms with E-state index in [-0.39, 0.29) is 17.2 Å². The van der Waals surface area contributed by atoms with E-state index in [1.807, 2.05) is 62.4 Å². The number of fused-ring (bicyclic) bond motifs is 1. The van der Waals surface area contributed by atoms with Crippen LogP contribution in [0.4, 0.5) is 5.69 Å². The number of benzene rings is 3. The van der Waals surface area contributed by atoms with E-state index in [1.165, 1.54) is 0 Å². The number of aromatic hydroxyl groups is 1. The number of aryl methyl sites for hydroxylation is 2. The molecule has 4 rings (SSSR count). The maximum absolute atomic E-state index is 12.6. The second-order valence-corrected chi connectivity index (χ2v) is 9.45. The summed E-state index contributed by atoms with van der Waals surface area (Å²) in [7, 11) is 0. The number of phenolic OH excluding ortho intramolecular Hbond substituents is 1. The highest BCUT2D eigenvalue weighted by Crippen LogP contribution is 2.36. The van der Waals surface area contributed by atoms with Crippen molar-refractivity contribution in [1.29, 1.82) is 0 Å². The summed E-state index contributed by atoms with van der Waals surface area (Å²) in [5.41, 5.74) is 3.50. The average molecular weight is 451 g/mol. The van der Waals surface area contributed by atoms with E-state index in [0.29, 0.717) is 17.9 Å². The van der Waals surface area contributed by atoms with Crippen LogP contribution in [0.5, 0.6) is 11.5 Å². The highest BCUT2D eigenvalue weighted by molar-refractivity contribution is 8.01. The van der Waals surface area contributed by atoms with Crippen molar-refractivity contribution in [3.63, 3.8) is 0 Å². The number of anilines is 1. The minimum Gasteiger partial charge on any atom is -0.507 e. The fourth-order valence-electron chi connectivity index (χ4n) is 3.22. The van der Waals surface area contributed by atoms with Gasteiger partial charge in [-0.1, -0.05) is 17.8 Å². The number of hydrogen-bond donors (Lipinski definition) is 2. The van der Waals surface area contributed by atoms with Crippen LogP contribution in [0, 0.1) is 13.8 Å². The van der Waals surface area contributed by atoms with Gasteiger partial charge in [0.2, 0.25) is 0 Å². The Balaban J connectivity index is 1.46. The topological polar surface area (TPSA) is 71.5 Å². The summed E-state index contributed by atoms with van der Waals surface area (Å²) in [5, 5.41) is 13.1. The van der Waals surface area contributed by atoms with Gasteiger partial charge >= 0.3 is 0 Å². The number of phenols is 1. The molecule has 0 unspecified atom stereocenters. The molecule has 0 aliphatic carbocycles. The van der Waals surface area contributed by atoms with E-state index >= 15 is 0 Å². The summed E-state index contributed by atoms with van der Waals surface area (Å²) < 4.78 is 7.59. The van der Waals surface area contributed by atoms with Crippen molar-refractivity contribution in [1.82, 2.24) is 4.98 Å². The largest absolute Gasteiger partial charge is 0.507 e. The highest BCUT2D eigenvalue weighted by Gasteiger charge is 2.14. The molecule has 2 N–H and O–H groups in total. The summed E-state index contributed by atoms with van der Waals surface area (Å²) in [4.78, 5) is 18.3. The number of hydrogen-bond acceptors (Lipinski definition) is 6. The zero-order valence-corrected chi connectivity index (χ0v) is 19.1. The molecule has 0 atom stereocenters. The lowest BCUT2D eigenvalue weighted by Gasteiger charge is -2.10. The van der Waals surface area contributed by atoms with Crippen LogP contribution in [0.25, 0.3) is 10.2 Å². The van der Waals surface area contributed by atoms with Gasteiger partial charge in [0.15, 0.2) is 4.34 Å². The standard InChI is InChI=1S/C24H22N2O3S2/c1-4-29-17-7-10-20-21(13-17)31-24(26-20)30-18-8-5-16(6-9-18)25-23(28)19-12-14(2)11-15(3)22(19)27/h5-13,27H,4H2,1-3H3,(H,25,28). The first-order chi connectivity index (χ1) is 14.9. The summed E-state index contributed by atoms with van der Waals surface area (Å²) in [6.45, 7) is 6.28. The number of rotatable bonds is 6. The predicted octanol–water partition coefficient (Wildman–Crippen LogP) is 6.42. The zero-order chi connectivity index (χ0) is 22.0. The molecule has 0 fully saturated rings. The number of aromatic nitrogens is 1. The number of amides is 1. The van der Waals surface area contributed by atoms with E-state index in [1.54, 1.807) is 36.1 Å². The molecular formula is C24H22N2O3S2. The van der Waals surface area contributed by atoms with Gasteiger partial charge in [0, 0.05) is 10.6 Å². The number of ether oxygens (including phenoxy) is 1. The Morgan fingerprint density at radius 1 is 1.13 bits per heavy atom. The van der Waals surface area contributed by atoms with Crippen LogP contribution in [0.2, 0.25) is 0 Å². The van der Waals surface area contributed by atoms with E-state index in [0.717, 1.165) is 30.8 Å². The Morgan fingerprint density at radius 3 is 2.65 bits per heavy atom. The average Bonchev–Trinajstić information content (AvgIpc) is 3.14. The molecule has 0 aliphatic rings. The van der Waals surface area contributed by atoms with Crippen LogP contribution in [0.3, 0.4) is 0 Å². The number of nitrogens with one attached hydrogen (secondary N) is 1. The van der Waals surface area contributed by atoms with Crippen molar-refractivity contribution in [2.75, 3.05) is 11.9 Å². The van der Waals surface area contributed by atoms with Crippen molar-refractivity contribution in [2.24, 2.45) is 0 Å². The first-order valence-electron chi connectivity index (χ1n) is 9.86. The molecular weight excluding hydrogens is 428 g/mol. The SMILES string of the molecule is CCOc1ccc2nc(Sc3ccc(NC(=O)c4cc(C)cc(C)c4O)cc3)sc2c1. The molecule has 0 saturated carbocycles. The Kier molecular flexibility index (Phi) is 6.15. The second-order valence-electron chi connectivity index (χ2n) is 7.10. The third-order valence-corrected chi connectivity index (χ3v) is 6.74. The fraction of sp³-hybridized carbons (Fsp3) is 0.167. The Morgan fingerprint density at radius 2 is 1.90 bits per heavy atom. The van der Waals surface area contributed by atoms with Gasteiger partial charge in [-0.25, -0.2) is 4.98 Å². The van der Waals surface area contributed by atoms with Gasteiger partial charge in [-0.15, -0.1) is 11.3 Å². The summed E-state index contributed by atoms with van der Waals surface area (Å²) >= 11 is 3.20. The third kappa shape index (κ3) is 4.84. The normalized spacial score (nSPS) is 10.9. The molecule has 0 spiro atoms. The second kappa shape index (κ2) is 8.99. The maximum atomic E-state index is 12.6. The van der Waals surface area contributed by atoms with Gasteiger partial charge in [0.05, 0.1) is 22.4 Å². The first kappa shape index (κ1) is 21.2. The lowest BCUT2D eigenvalue weighted by molar-refractivity contribution is 0.102. The lowest BCUT2D eigenvalue weighted by Crippen LogP contribution is -2.12. The van der Waals surface area contributed by atoms with Crippen LogP contribution >= 0.6 is 23.1 Å². The number of nitrogens with zero attached hydrogens (tertiary/aromatic N) is 1. The van der Waals surface area contributed by atoms with Crippen molar-refractivity contribution < 1.29 is 14.6 Å². The number of carbonyl (C=O) groups is 1. The summed E-state index contributed by atoms with van der Waals surface area (Å²) in [6, 6.07) is 17.0. The molecule has 0 aliphatic heterocycles. The molecule has 1 heterocycles. The third-order valence-electron chi connectivity index (χ3n) is 4.66. The molecule has 7 heteroatoms. The fourth-order valence-corrected chi connectivity index (χ4v) is 5.29. The number of thiazole rings is 1. The Labute approximate surface area is 189 Å². The van der Waals surface area contributed by atoms with Gasteiger partial charge in [0.25, 0.3) is 5.91 Å². The lowest BCUT2D eigenvalue weighted by atomic mass is 10.0. The molecule has 4 aromatic rings. The van der Waals surface area contributed by atoms with Crippen molar-refractivity contribution in [3.05, 3.63) is 71.3 Å². The zero-order valence-electron chi connectivity index (χ0n) is 17.4. The first-order valence-corrected chi connectivity index (χ1v) is 11.5. The smallest absolute Gasteiger partial charge is 0.259 e. The van der Waals surface area contributed by atoms with Crippen molar-refractivity contribution >= 4 is 44.9 Å². The van der Waals surface area contributed by atoms with Gasteiger partial charge in [0.1, 0.15) is 11.5 Å². The molecule has 0 saturated heterocycles. The molecule has 3 aromatic carbocycles. The molecule has 0 radical (unpaired) electrons. The van der Waals surface area contributed by atoms with Gasteiger partial charge in [-0.05, 0) is 80.4 Å². The monoisotopic (exact) mass is 450 g/mol. The van der Waals surface area contributed by atoms with E-state index < -0.39 is 0 Å². The van der Waals surface area contributed by atoms with E-state index in [2.05, 4.69) is 10.3 Å². The predicted molar refractivity (Wildman–Crippen MR) is 127 cm³/mol. The molecule has 1 aromatic heterocycles. The summed E-state index contributed by atoms with van der Waals surface area (Å²) in [6.07, 6.45) is 0. The van der Waals surface area contributed by atoms with Crippen molar-refractivity contribution in [3.8, 4) is 11.5 Å². The minimum absolute atomic E-state index is 0.0126. The van der Waals surface area contributed by atoms with Crippen LogP contribution in [0.15, 0.2) is 63.8 Å². The van der Waals surface area contributed by atoms with Crippen LogP contribution in [0.1, 0.15) is 28.4 Å². The molecule has 0 bridgehead atoms. The van der Waals surface area contributed by atoms with Crippen LogP contribution in [-0.4, -0.2) is 22.6 Å². The number of carbonyl (C=O) groups excluding carboxylic acids is 1. The molecule has 31 heavy (non-hydrogen) atoms. The van der Waals surface area contributed by atoms with Crippen molar-refractivity contribution in [2.45, 2.75) is 30.0 Å². The Hall–Kier alpha value is -3.03. The Bertz CT molecular complexity index is 1250. The quantitative estimate of drug-likeness (QED) is 0.355. The highest BCUT2D eigenvalue weighted by atomic mass is 32.2. The summed E-state index contributed by atoms with van der Waals surface area (Å²) in [5.74, 6) is 0.532. The minimum atomic E-state index is -0.332. The molecule has 5 nitrogen and oxygen atoms in total. The van der Waals surface area contributed by atoms with E-state index in [9.17, 15) is 9.90 Å². The van der Waals surface area contributed by atoms with E-state index in [4.69, 9.17) is 4.74 Å². The van der Waals surface area contributed by atoms with Crippen LogP contribution in [-0.2, 0) is 0 Å². The maximum Gasteiger partial charge on any atom is 0.259 e. The molecule has 1 amide bonds. The van der Waals surface area contributed by atoms with Crippen LogP contribution < -0.4 is 10.1 Å².